The van der Waals surface area contributed by atoms with Gasteiger partial charge in [-0.3, -0.25) is 10.1 Å². The van der Waals surface area contributed by atoms with Gasteiger partial charge in [-0.2, -0.15) is 0 Å². The molecule has 0 radical (unpaired) electrons. The molecule has 1 aromatic heterocycles. The zero-order chi connectivity index (χ0) is 13.9. The Morgan fingerprint density at radius 2 is 2.22 bits per heavy atom. The monoisotopic (exact) mass is 253 g/mol. The molecule has 1 N–H and O–H groups in total. The molecule has 0 amide bonds. The van der Waals surface area contributed by atoms with Gasteiger partial charge in [-0.25, -0.2) is 9.78 Å². The Morgan fingerprint density at radius 3 is 2.61 bits per heavy atom. The number of nitrogens with zero attached hydrogens (tertiary/aromatic N) is 3. The van der Waals surface area contributed by atoms with Crippen LogP contribution in [0.1, 0.15) is 31.1 Å². The van der Waals surface area contributed by atoms with Crippen molar-refractivity contribution in [1.29, 1.82) is 0 Å². The lowest BCUT2D eigenvalue weighted by molar-refractivity contribution is -0.384. The van der Waals surface area contributed by atoms with Gasteiger partial charge in [-0.15, -0.1) is 0 Å². The molecule has 1 heterocycles. The molecule has 0 aliphatic carbocycles. The van der Waals surface area contributed by atoms with E-state index >= 15 is 0 Å². The molecular weight excluding hydrogens is 238 g/mol. The zero-order valence-electron chi connectivity index (χ0n) is 10.5. The molecule has 0 fully saturated rings. The number of rotatable bonds is 5. The van der Waals surface area contributed by atoms with Crippen molar-refractivity contribution < 1.29 is 14.8 Å². The van der Waals surface area contributed by atoms with E-state index < -0.39 is 10.9 Å². The zero-order valence-corrected chi connectivity index (χ0v) is 10.5. The van der Waals surface area contributed by atoms with Crippen molar-refractivity contribution in [3.05, 3.63) is 27.9 Å². The van der Waals surface area contributed by atoms with Crippen LogP contribution in [0, 0.1) is 10.1 Å². The average Bonchev–Trinajstić information content (AvgIpc) is 2.29. The molecular formula is C11H15N3O4. The number of aromatic nitrogens is 1. The Kier molecular flexibility index (Phi) is 4.19. The lowest BCUT2D eigenvalue weighted by Crippen LogP contribution is -2.31. The summed E-state index contributed by atoms with van der Waals surface area (Å²) in [6, 6.07) is 1.08. The largest absolute Gasteiger partial charge is 0.478 e. The number of hydrogen-bond donors (Lipinski definition) is 1. The molecule has 0 unspecified atom stereocenters. The SMILES string of the molecule is CCN(c1ncc(C(=O)O)cc1[N+](=O)[O-])C(C)C. The van der Waals surface area contributed by atoms with Gasteiger partial charge in [0, 0.05) is 24.8 Å². The highest BCUT2D eigenvalue weighted by Gasteiger charge is 2.24. The van der Waals surface area contributed by atoms with Crippen LogP contribution in [0.2, 0.25) is 0 Å². The Balaban J connectivity index is 3.35. The van der Waals surface area contributed by atoms with E-state index in [1.807, 2.05) is 20.8 Å². The first-order chi connectivity index (χ1) is 8.38. The quantitative estimate of drug-likeness (QED) is 0.636. The minimum absolute atomic E-state index is 0.0388. The fourth-order valence-corrected chi connectivity index (χ4v) is 1.68. The van der Waals surface area contributed by atoms with Gasteiger partial charge in [0.1, 0.15) is 0 Å². The number of pyridine rings is 1. The van der Waals surface area contributed by atoms with Gasteiger partial charge in [0.15, 0.2) is 0 Å². The summed E-state index contributed by atoms with van der Waals surface area (Å²) < 4.78 is 0. The fraction of sp³-hybridized carbons (Fsp3) is 0.455. The van der Waals surface area contributed by atoms with E-state index in [9.17, 15) is 14.9 Å². The smallest absolute Gasteiger partial charge is 0.337 e. The van der Waals surface area contributed by atoms with Crippen LogP contribution in [0.4, 0.5) is 11.5 Å². The predicted octanol–water partition coefficient (Wildman–Crippen LogP) is 1.92. The number of aromatic carboxylic acids is 1. The summed E-state index contributed by atoms with van der Waals surface area (Å²) >= 11 is 0. The Morgan fingerprint density at radius 1 is 1.61 bits per heavy atom. The molecule has 0 saturated heterocycles. The van der Waals surface area contributed by atoms with E-state index in [-0.39, 0.29) is 23.1 Å². The van der Waals surface area contributed by atoms with Crippen LogP contribution in [-0.2, 0) is 0 Å². The van der Waals surface area contributed by atoms with Crippen LogP contribution < -0.4 is 4.90 Å². The highest BCUT2D eigenvalue weighted by atomic mass is 16.6. The summed E-state index contributed by atoms with van der Waals surface area (Å²) in [4.78, 5) is 26.8. The van der Waals surface area contributed by atoms with E-state index in [2.05, 4.69) is 4.98 Å². The van der Waals surface area contributed by atoms with Crippen molar-refractivity contribution in [1.82, 2.24) is 4.98 Å². The van der Waals surface area contributed by atoms with Crippen LogP contribution in [0.5, 0.6) is 0 Å². The third-order valence-electron chi connectivity index (χ3n) is 2.53. The van der Waals surface area contributed by atoms with E-state index in [4.69, 9.17) is 5.11 Å². The molecule has 0 aromatic carbocycles. The van der Waals surface area contributed by atoms with Crippen molar-refractivity contribution in [2.24, 2.45) is 0 Å². The maximum absolute atomic E-state index is 11.0. The van der Waals surface area contributed by atoms with E-state index in [1.165, 1.54) is 0 Å². The van der Waals surface area contributed by atoms with E-state index in [0.717, 1.165) is 12.3 Å². The molecule has 0 bridgehead atoms. The highest BCUT2D eigenvalue weighted by molar-refractivity contribution is 5.88. The van der Waals surface area contributed by atoms with Gasteiger partial charge < -0.3 is 10.0 Å². The normalized spacial score (nSPS) is 10.4. The summed E-state index contributed by atoms with van der Waals surface area (Å²) in [5.74, 6) is -1.03. The molecule has 7 heteroatoms. The highest BCUT2D eigenvalue weighted by Crippen LogP contribution is 2.27. The van der Waals surface area contributed by atoms with Gasteiger partial charge >= 0.3 is 11.7 Å². The molecule has 1 rings (SSSR count). The summed E-state index contributed by atoms with van der Waals surface area (Å²) in [6.45, 7) is 6.19. The number of hydrogen-bond acceptors (Lipinski definition) is 5. The van der Waals surface area contributed by atoms with E-state index in [1.54, 1.807) is 4.90 Å². The van der Waals surface area contributed by atoms with Gasteiger partial charge in [0.25, 0.3) is 0 Å². The third-order valence-corrected chi connectivity index (χ3v) is 2.53. The lowest BCUT2D eigenvalue weighted by Gasteiger charge is -2.25. The molecule has 1 aromatic rings. The van der Waals surface area contributed by atoms with Crippen LogP contribution in [0.25, 0.3) is 0 Å². The third kappa shape index (κ3) is 2.73. The lowest BCUT2D eigenvalue weighted by atomic mass is 10.2. The first-order valence-corrected chi connectivity index (χ1v) is 5.52. The van der Waals surface area contributed by atoms with Crippen molar-refractivity contribution >= 4 is 17.5 Å². The molecule has 0 saturated carbocycles. The summed E-state index contributed by atoms with van der Waals surface area (Å²) in [6.07, 6.45) is 1.13. The fourth-order valence-electron chi connectivity index (χ4n) is 1.68. The number of carbonyl (C=O) groups is 1. The molecule has 0 atom stereocenters. The number of anilines is 1. The first kappa shape index (κ1) is 13.9. The molecule has 0 aliphatic rings. The van der Waals surface area contributed by atoms with Crippen LogP contribution in [-0.4, -0.2) is 33.6 Å². The predicted molar refractivity (Wildman–Crippen MR) is 66.0 cm³/mol. The van der Waals surface area contributed by atoms with Gasteiger partial charge in [-0.1, -0.05) is 0 Å². The summed E-state index contributed by atoms with van der Waals surface area (Å²) in [5, 5.41) is 19.8. The molecule has 18 heavy (non-hydrogen) atoms. The summed E-state index contributed by atoms with van der Waals surface area (Å²) in [7, 11) is 0. The standard InChI is InChI=1S/C11H15N3O4/c1-4-13(7(2)3)10-9(14(17)18)5-8(6-12-10)11(15)16/h5-7H,4H2,1-3H3,(H,15,16). The van der Waals surface area contributed by atoms with Crippen molar-refractivity contribution in [3.8, 4) is 0 Å². The average molecular weight is 253 g/mol. The maximum Gasteiger partial charge on any atom is 0.337 e. The number of carboxylic acids is 1. The van der Waals surface area contributed by atoms with Crippen LogP contribution in [0.3, 0.4) is 0 Å². The minimum Gasteiger partial charge on any atom is -0.478 e. The van der Waals surface area contributed by atoms with Crippen molar-refractivity contribution in [3.63, 3.8) is 0 Å². The topological polar surface area (TPSA) is 96.6 Å². The van der Waals surface area contributed by atoms with Crippen LogP contribution >= 0.6 is 0 Å². The van der Waals surface area contributed by atoms with Gasteiger partial charge in [0.05, 0.1) is 10.5 Å². The Labute approximate surface area is 104 Å². The molecule has 98 valence electrons. The second kappa shape index (κ2) is 5.44. The van der Waals surface area contributed by atoms with Crippen molar-refractivity contribution in [2.75, 3.05) is 11.4 Å². The maximum atomic E-state index is 11.0. The van der Waals surface area contributed by atoms with Gasteiger partial charge in [0.2, 0.25) is 5.82 Å². The second-order valence-electron chi connectivity index (χ2n) is 4.01. The molecule has 0 aliphatic heterocycles. The minimum atomic E-state index is -1.23. The Hall–Kier alpha value is -2.18. The van der Waals surface area contributed by atoms with Crippen molar-refractivity contribution in [2.45, 2.75) is 26.8 Å². The second-order valence-corrected chi connectivity index (χ2v) is 4.01. The summed E-state index contributed by atoms with van der Waals surface area (Å²) in [5.41, 5.74) is -0.476. The van der Waals surface area contributed by atoms with E-state index in [0.29, 0.717) is 6.54 Å². The molecule has 7 nitrogen and oxygen atoms in total. The van der Waals surface area contributed by atoms with Crippen LogP contribution in [0.15, 0.2) is 12.3 Å². The van der Waals surface area contributed by atoms with Gasteiger partial charge in [-0.05, 0) is 20.8 Å². The first-order valence-electron chi connectivity index (χ1n) is 5.52. The number of carboxylic acid groups (broad SMARTS) is 1. The molecule has 0 spiro atoms. The Bertz CT molecular complexity index is 473. The number of nitro groups is 1.